The first kappa shape index (κ1) is 13.0. The maximum absolute atomic E-state index is 3.43. The van der Waals surface area contributed by atoms with Crippen LogP contribution in [0.5, 0.6) is 0 Å². The predicted octanol–water partition coefficient (Wildman–Crippen LogP) is 1.82. The second kappa shape index (κ2) is 8.13. The highest BCUT2D eigenvalue weighted by Crippen LogP contribution is 2.13. The van der Waals surface area contributed by atoms with E-state index in [0.29, 0.717) is 0 Å². The fraction of sp³-hybridized carbons (Fsp3) is 0.538. The van der Waals surface area contributed by atoms with Crippen LogP contribution in [-0.4, -0.2) is 26.7 Å². The third-order valence-electron chi connectivity index (χ3n) is 2.51. The minimum atomic E-state index is 0.921. The predicted molar refractivity (Wildman–Crippen MR) is 70.9 cm³/mol. The molecule has 0 amide bonds. The molecule has 0 aliphatic heterocycles. The number of para-hydroxylation sites is 1. The summed E-state index contributed by atoms with van der Waals surface area (Å²) in [7, 11) is 1.96. The molecule has 3 nitrogen and oxygen atoms in total. The third kappa shape index (κ3) is 4.64. The Hall–Kier alpha value is -1.06. The summed E-state index contributed by atoms with van der Waals surface area (Å²) in [5.41, 5.74) is 2.53. The van der Waals surface area contributed by atoms with Gasteiger partial charge in [0.05, 0.1) is 0 Å². The van der Waals surface area contributed by atoms with E-state index in [1.54, 1.807) is 0 Å². The van der Waals surface area contributed by atoms with Crippen molar-refractivity contribution in [2.24, 2.45) is 0 Å². The molecular weight excluding hydrogens is 198 g/mol. The van der Waals surface area contributed by atoms with Crippen LogP contribution in [0.1, 0.15) is 18.9 Å². The SMILES string of the molecule is CCCNCCNCc1ccccc1NC. The van der Waals surface area contributed by atoms with Gasteiger partial charge in [-0.2, -0.15) is 0 Å². The fourth-order valence-electron chi connectivity index (χ4n) is 1.62. The average molecular weight is 221 g/mol. The quantitative estimate of drug-likeness (QED) is 0.586. The van der Waals surface area contributed by atoms with Crippen LogP contribution in [0.4, 0.5) is 5.69 Å². The lowest BCUT2D eigenvalue weighted by molar-refractivity contribution is 0.607. The molecule has 90 valence electrons. The number of benzene rings is 1. The second-order valence-electron chi connectivity index (χ2n) is 3.83. The average Bonchev–Trinajstić information content (AvgIpc) is 2.34. The number of nitrogens with one attached hydrogen (secondary N) is 3. The van der Waals surface area contributed by atoms with Crippen molar-refractivity contribution in [1.82, 2.24) is 10.6 Å². The van der Waals surface area contributed by atoms with Gasteiger partial charge in [0.1, 0.15) is 0 Å². The van der Waals surface area contributed by atoms with Gasteiger partial charge in [-0.3, -0.25) is 0 Å². The van der Waals surface area contributed by atoms with Crippen LogP contribution in [0.3, 0.4) is 0 Å². The maximum Gasteiger partial charge on any atom is 0.0383 e. The first-order chi connectivity index (χ1) is 7.88. The molecule has 0 radical (unpaired) electrons. The van der Waals surface area contributed by atoms with Crippen molar-refractivity contribution >= 4 is 5.69 Å². The van der Waals surface area contributed by atoms with Crippen molar-refractivity contribution in [1.29, 1.82) is 0 Å². The van der Waals surface area contributed by atoms with E-state index in [9.17, 15) is 0 Å². The van der Waals surface area contributed by atoms with E-state index >= 15 is 0 Å². The summed E-state index contributed by atoms with van der Waals surface area (Å²) in [6.45, 7) is 6.26. The van der Waals surface area contributed by atoms with Gasteiger partial charge in [-0.15, -0.1) is 0 Å². The summed E-state index contributed by atoms with van der Waals surface area (Å²) < 4.78 is 0. The van der Waals surface area contributed by atoms with E-state index in [1.807, 2.05) is 7.05 Å². The first-order valence-corrected chi connectivity index (χ1v) is 6.05. The summed E-state index contributed by atoms with van der Waals surface area (Å²) in [6.07, 6.45) is 1.20. The van der Waals surface area contributed by atoms with Crippen molar-refractivity contribution in [2.75, 3.05) is 32.0 Å². The van der Waals surface area contributed by atoms with E-state index in [0.717, 1.165) is 26.2 Å². The molecule has 0 bridgehead atoms. The molecular formula is C13H23N3. The highest BCUT2D eigenvalue weighted by atomic mass is 14.9. The molecule has 1 aromatic rings. The molecule has 0 saturated heterocycles. The lowest BCUT2D eigenvalue weighted by Crippen LogP contribution is -2.27. The molecule has 1 rings (SSSR count). The fourth-order valence-corrected chi connectivity index (χ4v) is 1.62. The molecule has 1 aromatic carbocycles. The Bertz CT molecular complexity index is 286. The summed E-state index contributed by atoms with van der Waals surface area (Å²) in [5.74, 6) is 0. The van der Waals surface area contributed by atoms with E-state index in [2.05, 4.69) is 47.1 Å². The topological polar surface area (TPSA) is 36.1 Å². The van der Waals surface area contributed by atoms with Gasteiger partial charge in [0, 0.05) is 32.4 Å². The molecule has 0 atom stereocenters. The molecule has 0 aliphatic rings. The third-order valence-corrected chi connectivity index (χ3v) is 2.51. The zero-order chi connectivity index (χ0) is 11.6. The Morgan fingerprint density at radius 3 is 2.50 bits per heavy atom. The molecule has 3 N–H and O–H groups in total. The highest BCUT2D eigenvalue weighted by molar-refractivity contribution is 5.50. The number of hydrogen-bond donors (Lipinski definition) is 3. The Morgan fingerprint density at radius 1 is 1.00 bits per heavy atom. The van der Waals surface area contributed by atoms with Gasteiger partial charge >= 0.3 is 0 Å². The Kier molecular flexibility index (Phi) is 6.61. The first-order valence-electron chi connectivity index (χ1n) is 6.05. The second-order valence-corrected chi connectivity index (χ2v) is 3.83. The highest BCUT2D eigenvalue weighted by Gasteiger charge is 1.97. The summed E-state index contributed by atoms with van der Waals surface area (Å²) in [6, 6.07) is 8.38. The number of hydrogen-bond acceptors (Lipinski definition) is 3. The van der Waals surface area contributed by atoms with E-state index in [-0.39, 0.29) is 0 Å². The molecule has 16 heavy (non-hydrogen) atoms. The molecule has 0 fully saturated rings. The molecule has 3 heteroatoms. The van der Waals surface area contributed by atoms with Crippen molar-refractivity contribution < 1.29 is 0 Å². The van der Waals surface area contributed by atoms with Gasteiger partial charge in [0.15, 0.2) is 0 Å². The summed E-state index contributed by atoms with van der Waals surface area (Å²) in [4.78, 5) is 0. The van der Waals surface area contributed by atoms with Crippen LogP contribution < -0.4 is 16.0 Å². The lowest BCUT2D eigenvalue weighted by atomic mass is 10.2. The zero-order valence-corrected chi connectivity index (χ0v) is 10.3. The summed E-state index contributed by atoms with van der Waals surface area (Å²) >= 11 is 0. The van der Waals surface area contributed by atoms with Crippen molar-refractivity contribution in [2.45, 2.75) is 19.9 Å². The van der Waals surface area contributed by atoms with Crippen LogP contribution in [0.15, 0.2) is 24.3 Å². The van der Waals surface area contributed by atoms with Crippen LogP contribution in [0.25, 0.3) is 0 Å². The Morgan fingerprint density at radius 2 is 1.75 bits per heavy atom. The largest absolute Gasteiger partial charge is 0.388 e. The number of rotatable bonds is 8. The van der Waals surface area contributed by atoms with E-state index in [1.165, 1.54) is 17.7 Å². The normalized spacial score (nSPS) is 10.4. The minimum absolute atomic E-state index is 0.921. The smallest absolute Gasteiger partial charge is 0.0383 e. The molecule has 0 spiro atoms. The van der Waals surface area contributed by atoms with Crippen LogP contribution in [0, 0.1) is 0 Å². The van der Waals surface area contributed by atoms with Crippen LogP contribution >= 0.6 is 0 Å². The van der Waals surface area contributed by atoms with Crippen molar-refractivity contribution in [3.8, 4) is 0 Å². The maximum atomic E-state index is 3.43. The Balaban J connectivity index is 2.21. The monoisotopic (exact) mass is 221 g/mol. The van der Waals surface area contributed by atoms with Gasteiger partial charge in [0.25, 0.3) is 0 Å². The minimum Gasteiger partial charge on any atom is -0.388 e. The van der Waals surface area contributed by atoms with E-state index in [4.69, 9.17) is 0 Å². The standard InChI is InChI=1S/C13H23N3/c1-3-8-15-9-10-16-11-12-6-4-5-7-13(12)14-2/h4-7,14-16H,3,8-11H2,1-2H3. The van der Waals surface area contributed by atoms with Crippen molar-refractivity contribution in [3.05, 3.63) is 29.8 Å². The molecule has 0 aromatic heterocycles. The molecule has 0 saturated carbocycles. The molecule has 0 aliphatic carbocycles. The van der Waals surface area contributed by atoms with Crippen LogP contribution in [0.2, 0.25) is 0 Å². The van der Waals surface area contributed by atoms with Gasteiger partial charge in [-0.1, -0.05) is 25.1 Å². The van der Waals surface area contributed by atoms with Gasteiger partial charge in [-0.05, 0) is 24.6 Å². The van der Waals surface area contributed by atoms with Gasteiger partial charge in [-0.25, -0.2) is 0 Å². The van der Waals surface area contributed by atoms with Gasteiger partial charge < -0.3 is 16.0 Å². The van der Waals surface area contributed by atoms with Gasteiger partial charge in [0.2, 0.25) is 0 Å². The lowest BCUT2D eigenvalue weighted by Gasteiger charge is -2.10. The zero-order valence-electron chi connectivity index (χ0n) is 10.3. The summed E-state index contributed by atoms with van der Waals surface area (Å²) in [5, 5.41) is 10.0. The number of anilines is 1. The van der Waals surface area contributed by atoms with E-state index < -0.39 is 0 Å². The Labute approximate surface area is 98.6 Å². The molecule has 0 unspecified atom stereocenters. The van der Waals surface area contributed by atoms with Crippen molar-refractivity contribution in [3.63, 3.8) is 0 Å². The molecule has 0 heterocycles. The van der Waals surface area contributed by atoms with Crippen LogP contribution in [-0.2, 0) is 6.54 Å².